The molecule has 1 aliphatic rings. The van der Waals surface area contributed by atoms with Crippen LogP contribution < -0.4 is 10.3 Å². The molecule has 1 aliphatic heterocycles. The van der Waals surface area contributed by atoms with E-state index >= 15 is 0 Å². The quantitative estimate of drug-likeness (QED) is 0.486. The minimum Gasteiger partial charge on any atom is -0.497 e. The number of aromatic nitrogens is 1. The number of benzene rings is 2. The molecular formula is C24H26N2O7S. The molecule has 180 valence electrons. The van der Waals surface area contributed by atoms with Gasteiger partial charge in [-0.05, 0) is 42.6 Å². The monoisotopic (exact) mass is 486 g/mol. The van der Waals surface area contributed by atoms with Crippen molar-refractivity contribution >= 4 is 26.7 Å². The van der Waals surface area contributed by atoms with Crippen molar-refractivity contribution in [2.45, 2.75) is 24.5 Å². The number of H-pyrrole nitrogens is 1. The summed E-state index contributed by atoms with van der Waals surface area (Å²) in [4.78, 5) is 27.4. The Bertz CT molecular complexity index is 1360. The molecular weight excluding hydrogens is 460 g/mol. The van der Waals surface area contributed by atoms with Gasteiger partial charge in [-0.2, -0.15) is 4.31 Å². The minimum absolute atomic E-state index is 0.00722. The van der Waals surface area contributed by atoms with Gasteiger partial charge in [-0.3, -0.25) is 9.59 Å². The molecule has 1 N–H and O–H groups in total. The average molecular weight is 487 g/mol. The third-order valence-electron chi connectivity index (χ3n) is 5.65. The van der Waals surface area contributed by atoms with Gasteiger partial charge in [0.15, 0.2) is 5.78 Å². The third kappa shape index (κ3) is 5.20. The van der Waals surface area contributed by atoms with E-state index in [-0.39, 0.29) is 41.5 Å². The summed E-state index contributed by atoms with van der Waals surface area (Å²) >= 11 is 0. The molecule has 0 amide bonds. The minimum atomic E-state index is -4.06. The summed E-state index contributed by atoms with van der Waals surface area (Å²) in [6.45, 7) is 2.23. The zero-order valence-electron chi connectivity index (χ0n) is 18.9. The number of carbonyl (C=O) groups excluding carboxylic acids is 1. The predicted octanol–water partition coefficient (Wildman–Crippen LogP) is 2.35. The number of fused-ring (bicyclic) bond motifs is 1. The zero-order valence-corrected chi connectivity index (χ0v) is 19.8. The number of pyridine rings is 1. The van der Waals surface area contributed by atoms with Gasteiger partial charge < -0.3 is 19.2 Å². The molecule has 10 heteroatoms. The summed E-state index contributed by atoms with van der Waals surface area (Å²) < 4.78 is 44.8. The first-order valence-corrected chi connectivity index (χ1v) is 12.2. The Morgan fingerprint density at radius 3 is 2.71 bits per heavy atom. The van der Waals surface area contributed by atoms with E-state index in [1.54, 1.807) is 30.3 Å². The standard InChI is InChI=1S/C24H26N2O7S/c1-16(27)17-4-3-5-22(11-17)34(29,30)26(14-21-15-32-8-9-33-21)13-19-10-18-6-7-20(31-2)12-23(18)25-24(19)28/h3-7,10-12,21H,8-9,13-15H2,1-2H3,(H,25,28)/t21-/m0/s1. The van der Waals surface area contributed by atoms with Crippen molar-refractivity contribution in [3.05, 3.63) is 70.0 Å². The highest BCUT2D eigenvalue weighted by atomic mass is 32.2. The number of rotatable bonds is 8. The largest absolute Gasteiger partial charge is 0.497 e. The molecule has 0 saturated carbocycles. The maximum atomic E-state index is 13.6. The molecule has 2 aromatic carbocycles. The third-order valence-corrected chi connectivity index (χ3v) is 7.45. The van der Waals surface area contributed by atoms with Crippen molar-refractivity contribution in [3.8, 4) is 5.75 Å². The predicted molar refractivity (Wildman–Crippen MR) is 126 cm³/mol. The van der Waals surface area contributed by atoms with Crippen LogP contribution in [0.25, 0.3) is 10.9 Å². The topological polar surface area (TPSA) is 115 Å². The van der Waals surface area contributed by atoms with Crippen LogP contribution in [0.1, 0.15) is 22.8 Å². The first-order valence-electron chi connectivity index (χ1n) is 10.8. The number of hydrogen-bond donors (Lipinski definition) is 1. The maximum Gasteiger partial charge on any atom is 0.252 e. The fourth-order valence-electron chi connectivity index (χ4n) is 3.80. The van der Waals surface area contributed by atoms with Crippen LogP contribution in [0.2, 0.25) is 0 Å². The molecule has 34 heavy (non-hydrogen) atoms. The van der Waals surface area contributed by atoms with Gasteiger partial charge in [0.05, 0.1) is 43.4 Å². The second kappa shape index (κ2) is 10.1. The Kier molecular flexibility index (Phi) is 7.13. The number of nitrogens with one attached hydrogen (secondary N) is 1. The second-order valence-electron chi connectivity index (χ2n) is 8.03. The lowest BCUT2D eigenvalue weighted by Crippen LogP contribution is -2.43. The molecule has 0 unspecified atom stereocenters. The van der Waals surface area contributed by atoms with Gasteiger partial charge in [0.25, 0.3) is 5.56 Å². The number of aromatic amines is 1. The van der Waals surface area contributed by atoms with Crippen LogP contribution in [0.5, 0.6) is 5.75 Å². The Morgan fingerprint density at radius 2 is 2.00 bits per heavy atom. The van der Waals surface area contributed by atoms with Crippen LogP contribution in [0, 0.1) is 0 Å². The number of nitrogens with zero attached hydrogens (tertiary/aromatic N) is 1. The van der Waals surface area contributed by atoms with Gasteiger partial charge in [0.2, 0.25) is 10.0 Å². The van der Waals surface area contributed by atoms with Crippen LogP contribution in [0.4, 0.5) is 0 Å². The average Bonchev–Trinajstić information content (AvgIpc) is 2.84. The Morgan fingerprint density at radius 1 is 1.18 bits per heavy atom. The summed E-state index contributed by atoms with van der Waals surface area (Å²) in [6.07, 6.45) is -0.483. The van der Waals surface area contributed by atoms with Crippen LogP contribution >= 0.6 is 0 Å². The fourth-order valence-corrected chi connectivity index (χ4v) is 5.30. The van der Waals surface area contributed by atoms with Crippen molar-refractivity contribution in [2.24, 2.45) is 0 Å². The summed E-state index contributed by atoms with van der Waals surface area (Å²) in [7, 11) is -2.53. The lowest BCUT2D eigenvalue weighted by atomic mass is 10.1. The smallest absolute Gasteiger partial charge is 0.252 e. The molecule has 0 aliphatic carbocycles. The van der Waals surface area contributed by atoms with Gasteiger partial charge in [-0.15, -0.1) is 0 Å². The van der Waals surface area contributed by atoms with Crippen molar-refractivity contribution in [1.29, 1.82) is 0 Å². The van der Waals surface area contributed by atoms with E-state index in [1.807, 2.05) is 0 Å². The normalized spacial score (nSPS) is 16.6. The van der Waals surface area contributed by atoms with E-state index in [2.05, 4.69) is 4.98 Å². The molecule has 0 spiro atoms. The molecule has 0 bridgehead atoms. The van der Waals surface area contributed by atoms with E-state index in [4.69, 9.17) is 14.2 Å². The number of carbonyl (C=O) groups is 1. The fraction of sp³-hybridized carbons (Fsp3) is 0.333. The molecule has 9 nitrogen and oxygen atoms in total. The number of Topliss-reactive ketones (excluding diaryl/α,β-unsaturated/α-hetero) is 1. The van der Waals surface area contributed by atoms with Gasteiger partial charge in [-0.25, -0.2) is 8.42 Å². The van der Waals surface area contributed by atoms with Crippen LogP contribution in [0.3, 0.4) is 0 Å². The number of hydrogen-bond acceptors (Lipinski definition) is 7. The van der Waals surface area contributed by atoms with Gasteiger partial charge in [0, 0.05) is 30.3 Å². The van der Waals surface area contributed by atoms with E-state index in [0.29, 0.717) is 24.5 Å². The highest BCUT2D eigenvalue weighted by Gasteiger charge is 2.30. The lowest BCUT2D eigenvalue weighted by molar-refractivity contribution is -0.0923. The SMILES string of the molecule is COc1ccc2cc(CN(C[C@H]3COCCO3)S(=O)(=O)c3cccc(C(C)=O)c3)c(=O)[nH]c2c1. The van der Waals surface area contributed by atoms with Crippen LogP contribution in [-0.2, 0) is 26.0 Å². The van der Waals surface area contributed by atoms with E-state index < -0.39 is 21.7 Å². The molecule has 4 rings (SSSR count). The van der Waals surface area contributed by atoms with Crippen LogP contribution in [0.15, 0.2) is 58.2 Å². The Labute approximate surface area is 197 Å². The van der Waals surface area contributed by atoms with Gasteiger partial charge >= 0.3 is 0 Å². The van der Waals surface area contributed by atoms with Crippen molar-refractivity contribution in [3.63, 3.8) is 0 Å². The van der Waals surface area contributed by atoms with Gasteiger partial charge in [-0.1, -0.05) is 12.1 Å². The second-order valence-corrected chi connectivity index (χ2v) is 9.96. The summed E-state index contributed by atoms with van der Waals surface area (Å²) in [6, 6.07) is 12.8. The van der Waals surface area contributed by atoms with E-state index in [1.165, 1.54) is 36.5 Å². The number of sulfonamides is 1. The lowest BCUT2D eigenvalue weighted by Gasteiger charge is -2.29. The van der Waals surface area contributed by atoms with E-state index in [0.717, 1.165) is 5.39 Å². The number of ether oxygens (including phenoxy) is 3. The molecule has 0 radical (unpaired) electrons. The van der Waals surface area contributed by atoms with E-state index in [9.17, 15) is 18.0 Å². The summed E-state index contributed by atoms with van der Waals surface area (Å²) in [5.74, 6) is 0.355. The number of ketones is 1. The van der Waals surface area contributed by atoms with Crippen LogP contribution in [-0.4, -0.2) is 63.1 Å². The Balaban J connectivity index is 1.73. The molecule has 3 aromatic rings. The molecule has 1 aromatic heterocycles. The Hall–Kier alpha value is -3.05. The molecule has 1 atom stereocenters. The van der Waals surface area contributed by atoms with Crippen molar-refractivity contribution in [1.82, 2.24) is 9.29 Å². The molecule has 2 heterocycles. The molecule has 1 fully saturated rings. The first kappa shape index (κ1) is 24.1. The highest BCUT2D eigenvalue weighted by molar-refractivity contribution is 7.89. The summed E-state index contributed by atoms with van der Waals surface area (Å²) in [5, 5.41) is 0.739. The van der Waals surface area contributed by atoms with Crippen molar-refractivity contribution in [2.75, 3.05) is 33.5 Å². The summed E-state index contributed by atoms with van der Waals surface area (Å²) in [5.41, 5.74) is 0.747. The maximum absolute atomic E-state index is 13.6. The van der Waals surface area contributed by atoms with Crippen molar-refractivity contribution < 1.29 is 27.4 Å². The first-order chi connectivity index (χ1) is 16.3. The zero-order chi connectivity index (χ0) is 24.3. The highest BCUT2D eigenvalue weighted by Crippen LogP contribution is 2.23. The molecule has 1 saturated heterocycles. The number of methoxy groups -OCH3 is 1. The van der Waals surface area contributed by atoms with Gasteiger partial charge in [0.1, 0.15) is 5.75 Å².